The first-order chi connectivity index (χ1) is 6.78. The first-order valence-electron chi connectivity index (χ1n) is 5.58. The lowest BCUT2D eigenvalue weighted by Crippen LogP contribution is -2.24. The monoisotopic (exact) mass is 187 g/mol. The number of benzene rings is 1. The fraction of sp³-hybridized carbons (Fsp3) is 0.538. The summed E-state index contributed by atoms with van der Waals surface area (Å²) in [6, 6.07) is 9.18. The molecule has 1 aromatic carbocycles. The van der Waals surface area contributed by atoms with Gasteiger partial charge in [-0.25, -0.2) is 0 Å². The number of piperidine rings is 1. The van der Waals surface area contributed by atoms with Crippen molar-refractivity contribution in [2.75, 3.05) is 19.6 Å². The summed E-state index contributed by atoms with van der Waals surface area (Å²) >= 11 is 0. The Labute approximate surface area is 85.7 Å². The molecule has 3 rings (SSSR count). The maximum Gasteiger partial charge on any atom is 0.0105 e. The smallest absolute Gasteiger partial charge is 0.0105 e. The predicted octanol–water partition coefficient (Wildman–Crippen LogP) is 2.34. The molecule has 2 aliphatic heterocycles. The van der Waals surface area contributed by atoms with Crippen molar-refractivity contribution >= 4 is 0 Å². The standard InChI is InChI=1S/C13H17N/c1-11-2-4-12(5-3-11)13-6-8-14(10-13)9-7-13/h2-5H,6-10H2,1H3. The number of nitrogens with zero attached hydrogens (tertiary/aromatic N) is 1. The van der Waals surface area contributed by atoms with E-state index in [9.17, 15) is 0 Å². The van der Waals surface area contributed by atoms with Crippen molar-refractivity contribution in [2.24, 2.45) is 0 Å². The fourth-order valence-corrected chi connectivity index (χ4v) is 3.01. The summed E-state index contributed by atoms with van der Waals surface area (Å²) in [7, 11) is 0. The van der Waals surface area contributed by atoms with Crippen LogP contribution in [-0.4, -0.2) is 24.5 Å². The fourth-order valence-electron chi connectivity index (χ4n) is 3.01. The molecule has 0 aliphatic carbocycles. The van der Waals surface area contributed by atoms with Crippen molar-refractivity contribution in [1.29, 1.82) is 0 Å². The molecule has 2 aliphatic rings. The van der Waals surface area contributed by atoms with E-state index >= 15 is 0 Å². The molecule has 1 nitrogen and oxygen atoms in total. The van der Waals surface area contributed by atoms with E-state index in [0.717, 1.165) is 0 Å². The highest BCUT2D eigenvalue weighted by Gasteiger charge is 2.44. The Balaban J connectivity index is 1.98. The van der Waals surface area contributed by atoms with Gasteiger partial charge >= 0.3 is 0 Å². The van der Waals surface area contributed by atoms with Crippen LogP contribution in [0.3, 0.4) is 0 Å². The molecular weight excluding hydrogens is 170 g/mol. The van der Waals surface area contributed by atoms with Crippen LogP contribution in [0.4, 0.5) is 0 Å². The molecule has 1 heteroatoms. The van der Waals surface area contributed by atoms with E-state index < -0.39 is 0 Å². The zero-order chi connectivity index (χ0) is 9.60. The number of hydrogen-bond acceptors (Lipinski definition) is 1. The predicted molar refractivity (Wildman–Crippen MR) is 58.5 cm³/mol. The van der Waals surface area contributed by atoms with Gasteiger partial charge in [-0.15, -0.1) is 0 Å². The van der Waals surface area contributed by atoms with Crippen molar-refractivity contribution in [3.8, 4) is 0 Å². The van der Waals surface area contributed by atoms with Crippen LogP contribution in [0.5, 0.6) is 0 Å². The Bertz CT molecular complexity index is 331. The van der Waals surface area contributed by atoms with Crippen molar-refractivity contribution in [3.05, 3.63) is 35.4 Å². The van der Waals surface area contributed by atoms with E-state index in [0.29, 0.717) is 5.41 Å². The molecule has 2 bridgehead atoms. The molecule has 0 aromatic heterocycles. The Morgan fingerprint density at radius 1 is 1.07 bits per heavy atom. The summed E-state index contributed by atoms with van der Waals surface area (Å²) in [5.41, 5.74) is 3.47. The van der Waals surface area contributed by atoms with Gasteiger partial charge in [-0.2, -0.15) is 0 Å². The zero-order valence-electron chi connectivity index (χ0n) is 8.79. The molecule has 2 fully saturated rings. The minimum Gasteiger partial charge on any atom is -0.302 e. The number of hydrogen-bond donors (Lipinski definition) is 0. The Kier molecular flexibility index (Phi) is 1.72. The van der Waals surface area contributed by atoms with Gasteiger partial charge in [0.2, 0.25) is 0 Å². The summed E-state index contributed by atoms with van der Waals surface area (Å²) in [4.78, 5) is 2.60. The molecule has 1 aromatic rings. The average Bonchev–Trinajstić information content (AvgIpc) is 2.79. The lowest BCUT2D eigenvalue weighted by Gasteiger charge is -2.25. The maximum absolute atomic E-state index is 2.60. The highest BCUT2D eigenvalue weighted by atomic mass is 15.2. The van der Waals surface area contributed by atoms with E-state index in [1.54, 1.807) is 5.56 Å². The molecule has 2 heterocycles. The van der Waals surface area contributed by atoms with Gasteiger partial charge in [0.05, 0.1) is 0 Å². The van der Waals surface area contributed by atoms with Crippen LogP contribution in [0.15, 0.2) is 24.3 Å². The van der Waals surface area contributed by atoms with Crippen LogP contribution >= 0.6 is 0 Å². The first kappa shape index (κ1) is 8.49. The van der Waals surface area contributed by atoms with Gasteiger partial charge in [0.25, 0.3) is 0 Å². The molecule has 2 saturated heterocycles. The summed E-state index contributed by atoms with van der Waals surface area (Å²) in [6.45, 7) is 6.09. The van der Waals surface area contributed by atoms with E-state index in [2.05, 4.69) is 36.1 Å². The van der Waals surface area contributed by atoms with E-state index in [1.807, 2.05) is 0 Å². The molecule has 0 unspecified atom stereocenters. The molecule has 0 spiro atoms. The lowest BCUT2D eigenvalue weighted by atomic mass is 9.78. The van der Waals surface area contributed by atoms with Crippen LogP contribution in [0, 0.1) is 6.92 Å². The number of aryl methyl sites for hydroxylation is 1. The van der Waals surface area contributed by atoms with E-state index in [-0.39, 0.29) is 0 Å². The molecule has 0 atom stereocenters. The minimum atomic E-state index is 0.522. The van der Waals surface area contributed by atoms with Crippen LogP contribution in [-0.2, 0) is 5.41 Å². The third kappa shape index (κ3) is 1.12. The zero-order valence-corrected chi connectivity index (χ0v) is 8.79. The summed E-state index contributed by atoms with van der Waals surface area (Å²) in [5.74, 6) is 0. The van der Waals surface area contributed by atoms with Gasteiger partial charge in [0, 0.05) is 12.0 Å². The minimum absolute atomic E-state index is 0.522. The second-order valence-electron chi connectivity index (χ2n) is 4.92. The molecule has 14 heavy (non-hydrogen) atoms. The number of fused-ring (bicyclic) bond motifs is 2. The maximum atomic E-state index is 2.60. The normalized spacial score (nSPS) is 35.1. The summed E-state index contributed by atoms with van der Waals surface area (Å²) in [5, 5.41) is 0. The van der Waals surface area contributed by atoms with Crippen LogP contribution in [0.1, 0.15) is 24.0 Å². The van der Waals surface area contributed by atoms with Crippen molar-refractivity contribution in [2.45, 2.75) is 25.2 Å². The van der Waals surface area contributed by atoms with Crippen LogP contribution < -0.4 is 0 Å². The van der Waals surface area contributed by atoms with Gasteiger partial charge in [-0.3, -0.25) is 0 Å². The molecular formula is C13H17N. The molecule has 74 valence electrons. The second kappa shape index (κ2) is 2.83. The summed E-state index contributed by atoms with van der Waals surface area (Å²) in [6.07, 6.45) is 2.74. The van der Waals surface area contributed by atoms with Gasteiger partial charge in [-0.1, -0.05) is 29.8 Å². The SMILES string of the molecule is Cc1ccc(C23CCN(CC2)C3)cc1. The van der Waals surface area contributed by atoms with Crippen LogP contribution in [0.25, 0.3) is 0 Å². The second-order valence-corrected chi connectivity index (χ2v) is 4.92. The highest BCUT2D eigenvalue weighted by Crippen LogP contribution is 2.42. The van der Waals surface area contributed by atoms with Crippen molar-refractivity contribution in [3.63, 3.8) is 0 Å². The quantitative estimate of drug-likeness (QED) is 0.652. The lowest BCUT2D eigenvalue weighted by molar-refractivity contribution is 0.364. The number of rotatable bonds is 1. The third-order valence-electron chi connectivity index (χ3n) is 4.00. The van der Waals surface area contributed by atoms with Gasteiger partial charge in [0.1, 0.15) is 0 Å². The molecule has 0 radical (unpaired) electrons. The molecule has 0 N–H and O–H groups in total. The Morgan fingerprint density at radius 2 is 1.71 bits per heavy atom. The first-order valence-corrected chi connectivity index (χ1v) is 5.58. The van der Waals surface area contributed by atoms with Gasteiger partial charge in [0.15, 0.2) is 0 Å². The largest absolute Gasteiger partial charge is 0.302 e. The van der Waals surface area contributed by atoms with Gasteiger partial charge in [-0.05, 0) is 38.4 Å². The highest BCUT2D eigenvalue weighted by molar-refractivity contribution is 5.32. The van der Waals surface area contributed by atoms with E-state index in [4.69, 9.17) is 0 Å². The Morgan fingerprint density at radius 3 is 2.21 bits per heavy atom. The topological polar surface area (TPSA) is 3.24 Å². The van der Waals surface area contributed by atoms with Crippen molar-refractivity contribution < 1.29 is 0 Å². The van der Waals surface area contributed by atoms with Crippen LogP contribution in [0.2, 0.25) is 0 Å². The van der Waals surface area contributed by atoms with Crippen molar-refractivity contribution in [1.82, 2.24) is 4.90 Å². The summed E-state index contributed by atoms with van der Waals surface area (Å²) < 4.78 is 0. The average molecular weight is 187 g/mol. The van der Waals surface area contributed by atoms with E-state index in [1.165, 1.54) is 38.0 Å². The molecule has 0 amide bonds. The Hall–Kier alpha value is -0.820. The van der Waals surface area contributed by atoms with Gasteiger partial charge < -0.3 is 4.90 Å². The third-order valence-corrected chi connectivity index (χ3v) is 4.00. The molecule has 0 saturated carbocycles.